The van der Waals surface area contributed by atoms with Crippen LogP contribution in [0.5, 0.6) is 0 Å². The van der Waals surface area contributed by atoms with Crippen molar-refractivity contribution in [3.8, 4) is 0 Å². The molecule has 0 saturated heterocycles. The zero-order valence-corrected chi connectivity index (χ0v) is 15.3. The van der Waals surface area contributed by atoms with E-state index < -0.39 is 15.9 Å². The molecule has 2 aromatic heterocycles. The Morgan fingerprint density at radius 3 is 2.52 bits per heavy atom. The monoisotopic (exact) mass is 385 g/mol. The summed E-state index contributed by atoms with van der Waals surface area (Å²) in [5.41, 5.74) is 1.67. The minimum absolute atomic E-state index is 0.0302. The lowest BCUT2D eigenvalue weighted by atomic mass is 10.1. The van der Waals surface area contributed by atoms with Crippen LogP contribution in [0.25, 0.3) is 0 Å². The average molecular weight is 385 g/mol. The standard InChI is InChI=1S/C19H19N3O4S/c23-19(21-13-11-15-6-2-1-3-7-15)17-9-10-18(26-17)27(24,25)22-14-16-8-4-5-12-20-16/h1-10,12,22H,11,13-14H2,(H,21,23). The van der Waals surface area contributed by atoms with Gasteiger partial charge in [-0.2, -0.15) is 0 Å². The SMILES string of the molecule is O=C(NCCc1ccccc1)c1ccc(S(=O)(=O)NCc2ccccn2)o1. The number of carbonyl (C=O) groups excluding carboxylic acids is 1. The fourth-order valence-corrected chi connectivity index (χ4v) is 3.31. The third-order valence-corrected chi connectivity index (χ3v) is 5.06. The van der Waals surface area contributed by atoms with E-state index >= 15 is 0 Å². The van der Waals surface area contributed by atoms with E-state index in [0.29, 0.717) is 18.7 Å². The fourth-order valence-electron chi connectivity index (χ4n) is 2.38. The fraction of sp³-hybridized carbons (Fsp3) is 0.158. The molecule has 0 aliphatic heterocycles. The molecule has 0 atom stereocenters. The maximum Gasteiger partial charge on any atom is 0.287 e. The Morgan fingerprint density at radius 2 is 1.78 bits per heavy atom. The predicted octanol–water partition coefficient (Wildman–Crippen LogP) is 2.13. The molecule has 140 valence electrons. The van der Waals surface area contributed by atoms with Gasteiger partial charge in [-0.05, 0) is 36.2 Å². The second-order valence-electron chi connectivity index (χ2n) is 5.76. The number of furan rings is 1. The van der Waals surface area contributed by atoms with Gasteiger partial charge in [0.2, 0.25) is 5.09 Å². The number of nitrogens with one attached hydrogen (secondary N) is 2. The van der Waals surface area contributed by atoms with E-state index in [1.54, 1.807) is 24.4 Å². The summed E-state index contributed by atoms with van der Waals surface area (Å²) in [4.78, 5) is 16.2. The first-order valence-corrected chi connectivity index (χ1v) is 9.84. The van der Waals surface area contributed by atoms with Crippen LogP contribution < -0.4 is 10.0 Å². The van der Waals surface area contributed by atoms with E-state index in [9.17, 15) is 13.2 Å². The van der Waals surface area contributed by atoms with Crippen molar-refractivity contribution in [3.05, 3.63) is 83.9 Å². The van der Waals surface area contributed by atoms with Gasteiger partial charge >= 0.3 is 0 Å². The van der Waals surface area contributed by atoms with Crippen LogP contribution in [0, 0.1) is 0 Å². The third kappa shape index (κ3) is 5.25. The van der Waals surface area contributed by atoms with Crippen LogP contribution in [-0.4, -0.2) is 25.9 Å². The van der Waals surface area contributed by atoms with E-state index in [4.69, 9.17) is 4.42 Å². The molecular formula is C19H19N3O4S. The Labute approximate surface area is 157 Å². The summed E-state index contributed by atoms with van der Waals surface area (Å²) in [6, 6.07) is 17.5. The van der Waals surface area contributed by atoms with Crippen molar-refractivity contribution in [1.29, 1.82) is 0 Å². The number of rotatable bonds is 8. The van der Waals surface area contributed by atoms with Crippen molar-refractivity contribution >= 4 is 15.9 Å². The Hall–Kier alpha value is -2.97. The molecule has 3 rings (SSSR count). The largest absolute Gasteiger partial charge is 0.438 e. The second kappa shape index (κ2) is 8.61. The zero-order chi connectivity index (χ0) is 19.1. The van der Waals surface area contributed by atoms with Crippen LogP contribution in [0.4, 0.5) is 0 Å². The summed E-state index contributed by atoms with van der Waals surface area (Å²) >= 11 is 0. The first-order chi connectivity index (χ1) is 13.0. The first kappa shape index (κ1) is 18.8. The first-order valence-electron chi connectivity index (χ1n) is 8.36. The van der Waals surface area contributed by atoms with Gasteiger partial charge < -0.3 is 9.73 Å². The molecule has 1 aromatic carbocycles. The van der Waals surface area contributed by atoms with Gasteiger partial charge in [-0.1, -0.05) is 36.4 Å². The number of aromatic nitrogens is 1. The van der Waals surface area contributed by atoms with Gasteiger partial charge in [-0.15, -0.1) is 0 Å². The normalized spacial score (nSPS) is 11.3. The average Bonchev–Trinajstić information content (AvgIpc) is 3.19. The van der Waals surface area contributed by atoms with Gasteiger partial charge in [0.15, 0.2) is 5.76 Å². The van der Waals surface area contributed by atoms with E-state index in [2.05, 4.69) is 15.0 Å². The number of sulfonamides is 1. The van der Waals surface area contributed by atoms with Crippen LogP contribution in [0.1, 0.15) is 21.8 Å². The summed E-state index contributed by atoms with van der Waals surface area (Å²) in [7, 11) is -3.87. The summed E-state index contributed by atoms with van der Waals surface area (Å²) in [5, 5.41) is 2.40. The van der Waals surface area contributed by atoms with Crippen LogP contribution in [-0.2, 0) is 23.0 Å². The topological polar surface area (TPSA) is 101 Å². The molecule has 0 fully saturated rings. The van der Waals surface area contributed by atoms with Crippen molar-refractivity contribution in [2.45, 2.75) is 18.1 Å². The van der Waals surface area contributed by atoms with Crippen molar-refractivity contribution in [1.82, 2.24) is 15.0 Å². The van der Waals surface area contributed by atoms with Crippen LogP contribution in [0.3, 0.4) is 0 Å². The Bertz CT molecular complexity index is 986. The third-order valence-electron chi connectivity index (χ3n) is 3.78. The summed E-state index contributed by atoms with van der Waals surface area (Å²) in [6.45, 7) is 0.450. The van der Waals surface area contributed by atoms with Crippen molar-refractivity contribution in [2.24, 2.45) is 0 Å². The number of benzene rings is 1. The Balaban J connectivity index is 1.55. The lowest BCUT2D eigenvalue weighted by Gasteiger charge is -2.04. The number of nitrogens with zero attached hydrogens (tertiary/aromatic N) is 1. The highest BCUT2D eigenvalue weighted by Crippen LogP contribution is 2.14. The molecule has 27 heavy (non-hydrogen) atoms. The molecule has 0 aliphatic carbocycles. The van der Waals surface area contributed by atoms with E-state index in [1.807, 2.05) is 30.3 Å². The molecule has 8 heteroatoms. The van der Waals surface area contributed by atoms with Gasteiger partial charge in [0.1, 0.15) is 0 Å². The van der Waals surface area contributed by atoms with E-state index in [0.717, 1.165) is 5.56 Å². The maximum absolute atomic E-state index is 12.3. The van der Waals surface area contributed by atoms with Gasteiger partial charge in [0.05, 0.1) is 12.2 Å². The quantitative estimate of drug-likeness (QED) is 0.619. The lowest BCUT2D eigenvalue weighted by molar-refractivity contribution is 0.0921. The number of hydrogen-bond donors (Lipinski definition) is 2. The molecule has 0 spiro atoms. The number of pyridine rings is 1. The molecular weight excluding hydrogens is 366 g/mol. The summed E-state index contributed by atoms with van der Waals surface area (Å²) in [5.74, 6) is -0.515. The van der Waals surface area contributed by atoms with E-state index in [1.165, 1.54) is 12.1 Å². The molecule has 0 unspecified atom stereocenters. The molecule has 1 amide bonds. The molecule has 2 heterocycles. The molecule has 0 radical (unpaired) electrons. The van der Waals surface area contributed by atoms with Crippen molar-refractivity contribution in [2.75, 3.05) is 6.54 Å². The maximum atomic E-state index is 12.3. The minimum Gasteiger partial charge on any atom is -0.438 e. The highest BCUT2D eigenvalue weighted by Gasteiger charge is 2.21. The zero-order valence-electron chi connectivity index (χ0n) is 14.5. The van der Waals surface area contributed by atoms with Crippen LogP contribution in [0.15, 0.2) is 76.4 Å². The Kier molecular flexibility index (Phi) is 6.00. The van der Waals surface area contributed by atoms with Crippen molar-refractivity contribution in [3.63, 3.8) is 0 Å². The molecule has 0 aliphatic rings. The number of carbonyl (C=O) groups is 1. The number of hydrogen-bond acceptors (Lipinski definition) is 5. The second-order valence-corrected chi connectivity index (χ2v) is 7.45. The molecule has 0 saturated carbocycles. The summed E-state index contributed by atoms with van der Waals surface area (Å²) in [6.07, 6.45) is 2.25. The minimum atomic E-state index is -3.87. The van der Waals surface area contributed by atoms with Gasteiger partial charge in [0.25, 0.3) is 15.9 Å². The van der Waals surface area contributed by atoms with Gasteiger partial charge in [0, 0.05) is 12.7 Å². The van der Waals surface area contributed by atoms with Gasteiger partial charge in [-0.3, -0.25) is 9.78 Å². The molecule has 2 N–H and O–H groups in total. The molecule has 7 nitrogen and oxygen atoms in total. The highest BCUT2D eigenvalue weighted by molar-refractivity contribution is 7.89. The highest BCUT2D eigenvalue weighted by atomic mass is 32.2. The van der Waals surface area contributed by atoms with Gasteiger partial charge in [-0.25, -0.2) is 13.1 Å². The Morgan fingerprint density at radius 1 is 1.00 bits per heavy atom. The van der Waals surface area contributed by atoms with Crippen molar-refractivity contribution < 1.29 is 17.6 Å². The van der Waals surface area contributed by atoms with E-state index in [-0.39, 0.29) is 17.4 Å². The number of amides is 1. The van der Waals surface area contributed by atoms with Crippen LogP contribution >= 0.6 is 0 Å². The summed E-state index contributed by atoms with van der Waals surface area (Å²) < 4.78 is 32.2. The molecule has 3 aromatic rings. The smallest absolute Gasteiger partial charge is 0.287 e. The lowest BCUT2D eigenvalue weighted by Crippen LogP contribution is -2.25. The van der Waals surface area contributed by atoms with Crippen LogP contribution in [0.2, 0.25) is 0 Å². The predicted molar refractivity (Wildman–Crippen MR) is 99.4 cm³/mol. The molecule has 0 bridgehead atoms.